The number of rotatable bonds is 10. The van der Waals surface area contributed by atoms with E-state index in [1.54, 1.807) is 12.1 Å². The summed E-state index contributed by atoms with van der Waals surface area (Å²) in [7, 11) is 0. The Morgan fingerprint density at radius 3 is 2.68 bits per heavy atom. The molecule has 2 amide bonds. The molecule has 4 rings (SSSR count). The lowest BCUT2D eigenvalue weighted by Gasteiger charge is -2.39. The number of carbonyl (C=O) groups excluding carboxylic acids is 2. The van der Waals surface area contributed by atoms with Gasteiger partial charge in [0.2, 0.25) is 0 Å². The van der Waals surface area contributed by atoms with E-state index in [1.165, 1.54) is 12.1 Å². The zero-order valence-corrected chi connectivity index (χ0v) is 21.4. The van der Waals surface area contributed by atoms with Crippen molar-refractivity contribution in [2.45, 2.75) is 50.0 Å². The summed E-state index contributed by atoms with van der Waals surface area (Å²) in [6, 6.07) is 9.19. The lowest BCUT2D eigenvalue weighted by molar-refractivity contribution is -0.128. The first kappa shape index (κ1) is 27.2. The van der Waals surface area contributed by atoms with Crippen molar-refractivity contribution in [3.8, 4) is 11.5 Å². The maximum atomic E-state index is 13.4. The van der Waals surface area contributed by atoms with E-state index in [1.807, 2.05) is 6.07 Å². The van der Waals surface area contributed by atoms with Gasteiger partial charge in [-0.3, -0.25) is 9.59 Å². The molecule has 0 saturated heterocycles. The van der Waals surface area contributed by atoms with Crippen LogP contribution in [0.25, 0.3) is 0 Å². The Morgan fingerprint density at radius 2 is 1.95 bits per heavy atom. The first-order chi connectivity index (χ1) is 17.7. The molecule has 2 atom stereocenters. The van der Waals surface area contributed by atoms with E-state index in [4.69, 9.17) is 32.7 Å². The van der Waals surface area contributed by atoms with Crippen LogP contribution in [0.3, 0.4) is 0 Å². The number of benzene rings is 2. The van der Waals surface area contributed by atoms with Gasteiger partial charge in [-0.25, -0.2) is 4.39 Å². The van der Waals surface area contributed by atoms with Gasteiger partial charge < -0.3 is 30.5 Å². The summed E-state index contributed by atoms with van der Waals surface area (Å²) in [5.74, 6) is -0.622. The molecule has 0 spiro atoms. The molecular weight excluding hydrogens is 524 g/mol. The van der Waals surface area contributed by atoms with Gasteiger partial charge in [-0.05, 0) is 43.2 Å². The van der Waals surface area contributed by atoms with Crippen LogP contribution in [0.1, 0.15) is 37.3 Å². The van der Waals surface area contributed by atoms with Gasteiger partial charge in [0, 0.05) is 53.8 Å². The highest BCUT2D eigenvalue weighted by molar-refractivity contribution is 6.31. The zero-order chi connectivity index (χ0) is 26.5. The second kappa shape index (κ2) is 12.1. The van der Waals surface area contributed by atoms with Crippen molar-refractivity contribution in [3.63, 3.8) is 0 Å². The zero-order valence-electron chi connectivity index (χ0n) is 19.9. The summed E-state index contributed by atoms with van der Waals surface area (Å²) < 4.78 is 24.6. The number of hydrogen-bond donors (Lipinski definition) is 4. The van der Waals surface area contributed by atoms with Crippen molar-refractivity contribution in [1.82, 2.24) is 16.0 Å². The van der Waals surface area contributed by atoms with Crippen LogP contribution in [0.15, 0.2) is 48.7 Å². The summed E-state index contributed by atoms with van der Waals surface area (Å²) in [6.45, 7) is 3.79. The molecule has 1 aliphatic heterocycles. The summed E-state index contributed by atoms with van der Waals surface area (Å²) >= 11 is 11.8. The smallest absolute Gasteiger partial charge is 0.265 e. The van der Waals surface area contributed by atoms with Crippen LogP contribution < -0.4 is 25.4 Å². The molecule has 1 saturated carbocycles. The number of halogens is 3. The fraction of sp³-hybridized carbons (Fsp3) is 0.385. The molecule has 2 aliphatic rings. The van der Waals surface area contributed by atoms with Gasteiger partial charge in [0.05, 0.1) is 11.1 Å². The second-order valence-electron chi connectivity index (χ2n) is 9.12. The molecule has 0 aromatic heterocycles. The molecule has 8 nitrogen and oxygen atoms in total. The Morgan fingerprint density at radius 1 is 1.16 bits per heavy atom. The number of amides is 2. The maximum Gasteiger partial charge on any atom is 0.265 e. The van der Waals surface area contributed by atoms with E-state index >= 15 is 0 Å². The third-order valence-corrected chi connectivity index (χ3v) is 6.76. The number of fused-ring (bicyclic) bond motifs is 1. The Kier molecular flexibility index (Phi) is 8.91. The minimum absolute atomic E-state index is 0.0328. The fourth-order valence-corrected chi connectivity index (χ4v) is 4.50. The maximum absolute atomic E-state index is 13.4. The van der Waals surface area contributed by atoms with Crippen LogP contribution in [0, 0.1) is 5.82 Å². The minimum Gasteiger partial charge on any atom is -0.484 e. The highest BCUT2D eigenvalue weighted by atomic mass is 35.5. The normalized spacial score (nSPS) is 22.2. The topological polar surface area (TPSA) is 109 Å². The van der Waals surface area contributed by atoms with E-state index in [9.17, 15) is 19.1 Å². The number of nitrogens with one attached hydrogen (secondary N) is 3. The standard InChI is InChI=1S/C26H28Cl2FN3O5/c1-14(6-7-30-25(34)13-36-18-3-4-20(28)21(29)11-18)31-26(35)24-12-22(32-16-9-17(33)10-16)19-8-15(27)2-5-23(19)37-24/h2-5,8,11,16-17,22,24,32-33H,1,6-7,9-10,12-13H2,(H,30,34)(H,31,35)/t16?,17?,22-,24+/m1/s1. The molecular formula is C26H28Cl2FN3O5. The molecule has 2 aromatic rings. The molecule has 0 bridgehead atoms. The highest BCUT2D eigenvalue weighted by Gasteiger charge is 2.36. The molecule has 1 heterocycles. The van der Waals surface area contributed by atoms with E-state index < -0.39 is 17.8 Å². The SMILES string of the molecule is C=C(CCNC(=O)COc1ccc(Cl)c(F)c1)NC(=O)[C@@H]1C[C@@H](NC2CC(O)C2)c2cc(Cl)ccc2O1. The van der Waals surface area contributed by atoms with Crippen molar-refractivity contribution in [2.75, 3.05) is 13.2 Å². The van der Waals surface area contributed by atoms with Crippen molar-refractivity contribution >= 4 is 35.0 Å². The van der Waals surface area contributed by atoms with Crippen LogP contribution in [0.4, 0.5) is 4.39 Å². The van der Waals surface area contributed by atoms with Gasteiger partial charge in [-0.15, -0.1) is 0 Å². The lowest BCUT2D eigenvalue weighted by Crippen LogP contribution is -2.49. The van der Waals surface area contributed by atoms with Gasteiger partial charge in [0.25, 0.3) is 11.8 Å². The summed E-state index contributed by atoms with van der Waals surface area (Å²) in [5, 5.41) is 19.1. The van der Waals surface area contributed by atoms with E-state index in [0.717, 1.165) is 11.6 Å². The second-order valence-corrected chi connectivity index (χ2v) is 9.97. The molecule has 1 fully saturated rings. The van der Waals surface area contributed by atoms with Crippen molar-refractivity contribution in [3.05, 3.63) is 70.1 Å². The Labute approximate surface area is 224 Å². The summed E-state index contributed by atoms with van der Waals surface area (Å²) in [4.78, 5) is 24.9. The average molecular weight is 552 g/mol. The van der Waals surface area contributed by atoms with E-state index in [0.29, 0.717) is 42.2 Å². The third-order valence-electron chi connectivity index (χ3n) is 6.22. The van der Waals surface area contributed by atoms with Crippen LogP contribution in [-0.2, 0) is 9.59 Å². The summed E-state index contributed by atoms with van der Waals surface area (Å²) in [5.41, 5.74) is 1.30. The average Bonchev–Trinajstić information content (AvgIpc) is 2.83. The van der Waals surface area contributed by atoms with E-state index in [-0.39, 0.29) is 48.0 Å². The quantitative estimate of drug-likeness (QED) is 0.359. The van der Waals surface area contributed by atoms with Crippen LogP contribution in [-0.4, -0.2) is 48.3 Å². The van der Waals surface area contributed by atoms with Gasteiger partial charge >= 0.3 is 0 Å². The largest absolute Gasteiger partial charge is 0.484 e. The first-order valence-corrected chi connectivity index (χ1v) is 12.7. The number of carbonyl (C=O) groups is 2. The van der Waals surface area contributed by atoms with Crippen molar-refractivity contribution < 1.29 is 28.6 Å². The number of hydrogen-bond acceptors (Lipinski definition) is 6. The van der Waals surface area contributed by atoms with E-state index in [2.05, 4.69) is 22.5 Å². The minimum atomic E-state index is -0.754. The number of ether oxygens (including phenoxy) is 2. The monoisotopic (exact) mass is 551 g/mol. The van der Waals surface area contributed by atoms with Crippen molar-refractivity contribution in [1.29, 1.82) is 0 Å². The van der Waals surface area contributed by atoms with Gasteiger partial charge in [-0.2, -0.15) is 0 Å². The Bertz CT molecular complexity index is 1170. The molecule has 4 N–H and O–H groups in total. The van der Waals surface area contributed by atoms with Gasteiger partial charge in [0.1, 0.15) is 17.3 Å². The molecule has 0 radical (unpaired) electrons. The molecule has 11 heteroatoms. The first-order valence-electron chi connectivity index (χ1n) is 11.9. The van der Waals surface area contributed by atoms with Crippen LogP contribution in [0.2, 0.25) is 10.0 Å². The molecule has 1 aliphatic carbocycles. The number of aliphatic hydroxyl groups excluding tert-OH is 1. The number of aliphatic hydroxyl groups is 1. The molecule has 0 unspecified atom stereocenters. The molecule has 37 heavy (non-hydrogen) atoms. The fourth-order valence-electron chi connectivity index (χ4n) is 4.20. The van der Waals surface area contributed by atoms with Gasteiger partial charge in [-0.1, -0.05) is 29.8 Å². The summed E-state index contributed by atoms with van der Waals surface area (Å²) in [6.07, 6.45) is 0.955. The van der Waals surface area contributed by atoms with Crippen LogP contribution >= 0.6 is 23.2 Å². The third kappa shape index (κ3) is 7.35. The molecule has 2 aromatic carbocycles. The van der Waals surface area contributed by atoms with Crippen LogP contribution in [0.5, 0.6) is 11.5 Å². The lowest BCUT2D eigenvalue weighted by atomic mass is 9.86. The molecule has 198 valence electrons. The Hall–Kier alpha value is -2.85. The Balaban J connectivity index is 1.23. The van der Waals surface area contributed by atoms with Gasteiger partial charge in [0.15, 0.2) is 12.7 Å². The van der Waals surface area contributed by atoms with Crippen molar-refractivity contribution in [2.24, 2.45) is 0 Å². The predicted molar refractivity (Wildman–Crippen MR) is 137 cm³/mol. The highest BCUT2D eigenvalue weighted by Crippen LogP contribution is 2.38. The predicted octanol–water partition coefficient (Wildman–Crippen LogP) is 3.65.